The molecule has 12 heteroatoms. The summed E-state index contributed by atoms with van der Waals surface area (Å²) in [7, 11) is 6.62. The predicted octanol–water partition coefficient (Wildman–Crippen LogP) is 6.12. The van der Waals surface area contributed by atoms with Crippen molar-refractivity contribution < 1.29 is 33.3 Å². The number of rotatable bonds is 13. The van der Waals surface area contributed by atoms with Gasteiger partial charge in [-0.05, 0) is 54.4 Å². The Morgan fingerprint density at radius 2 is 1.33 bits per heavy atom. The summed E-state index contributed by atoms with van der Waals surface area (Å²) in [6.07, 6.45) is 13.4. The van der Waals surface area contributed by atoms with E-state index in [9.17, 15) is 9.59 Å². The van der Waals surface area contributed by atoms with Gasteiger partial charge in [0.1, 0.15) is 5.75 Å². The molecule has 4 heterocycles. The lowest BCUT2D eigenvalue weighted by Crippen LogP contribution is -2.32. The van der Waals surface area contributed by atoms with Crippen LogP contribution >= 0.6 is 0 Å². The fourth-order valence-corrected chi connectivity index (χ4v) is 6.64. The van der Waals surface area contributed by atoms with Crippen molar-refractivity contribution in [3.63, 3.8) is 0 Å². The van der Waals surface area contributed by atoms with E-state index in [1.807, 2.05) is 68.3 Å². The average molecular weight is 704 g/mol. The topological polar surface area (TPSA) is 124 Å². The van der Waals surface area contributed by atoms with E-state index >= 15 is 0 Å². The average Bonchev–Trinajstić information content (AvgIpc) is 3.74. The summed E-state index contributed by atoms with van der Waals surface area (Å²) in [5, 5.41) is 3.09. The molecule has 0 spiro atoms. The van der Waals surface area contributed by atoms with Gasteiger partial charge in [-0.2, -0.15) is 0 Å². The molecule has 0 fully saturated rings. The van der Waals surface area contributed by atoms with Crippen LogP contribution in [0.15, 0.2) is 88.6 Å². The molecular weight excluding hydrogens is 662 g/mol. The van der Waals surface area contributed by atoms with Crippen LogP contribution in [0, 0.1) is 0 Å². The van der Waals surface area contributed by atoms with Gasteiger partial charge < -0.3 is 38.8 Å². The molecule has 268 valence electrons. The summed E-state index contributed by atoms with van der Waals surface area (Å²) in [6.45, 7) is 1.38. The third-order valence-electron chi connectivity index (χ3n) is 9.37. The van der Waals surface area contributed by atoms with Crippen LogP contribution in [-0.2, 0) is 0 Å². The first kappa shape index (κ1) is 34.6. The second-order valence-corrected chi connectivity index (χ2v) is 12.7. The van der Waals surface area contributed by atoms with Crippen molar-refractivity contribution in [1.82, 2.24) is 15.1 Å². The Bertz CT molecular complexity index is 2020. The second kappa shape index (κ2) is 15.2. The van der Waals surface area contributed by atoms with Crippen molar-refractivity contribution in [2.24, 2.45) is 9.98 Å². The molecule has 0 saturated carbocycles. The highest BCUT2D eigenvalue weighted by Crippen LogP contribution is 2.41. The Hall–Kier alpha value is -5.88. The van der Waals surface area contributed by atoms with Gasteiger partial charge in [0.05, 0.1) is 69.1 Å². The van der Waals surface area contributed by atoms with Gasteiger partial charge in [0, 0.05) is 56.3 Å². The van der Waals surface area contributed by atoms with Crippen molar-refractivity contribution in [1.29, 1.82) is 0 Å². The summed E-state index contributed by atoms with van der Waals surface area (Å²) in [6, 6.07) is 14.3. The zero-order chi connectivity index (χ0) is 36.2. The summed E-state index contributed by atoms with van der Waals surface area (Å²) in [4.78, 5) is 40.1. The lowest BCUT2D eigenvalue weighted by Gasteiger charge is -2.19. The first-order valence-electron chi connectivity index (χ1n) is 17.2. The summed E-state index contributed by atoms with van der Waals surface area (Å²) >= 11 is 0. The minimum atomic E-state index is -0.198. The first-order chi connectivity index (χ1) is 25.4. The first-order valence-corrected chi connectivity index (χ1v) is 17.2. The molecule has 2 atom stereocenters. The van der Waals surface area contributed by atoms with E-state index in [1.165, 1.54) is 0 Å². The van der Waals surface area contributed by atoms with Crippen molar-refractivity contribution >= 4 is 41.2 Å². The van der Waals surface area contributed by atoms with Crippen molar-refractivity contribution in [3.8, 4) is 28.7 Å². The Balaban J connectivity index is 0.985. The fraction of sp³-hybridized carbons (Fsp3) is 0.300. The molecule has 0 aliphatic carbocycles. The third kappa shape index (κ3) is 6.89. The number of fused-ring (bicyclic) bond motifs is 4. The minimum absolute atomic E-state index is 0.135. The fourth-order valence-electron chi connectivity index (χ4n) is 6.64. The Morgan fingerprint density at radius 3 is 1.88 bits per heavy atom. The van der Waals surface area contributed by atoms with Gasteiger partial charge >= 0.3 is 0 Å². The van der Waals surface area contributed by atoms with E-state index in [4.69, 9.17) is 28.7 Å². The zero-order valence-corrected chi connectivity index (χ0v) is 29.6. The molecule has 4 aliphatic heterocycles. The maximum atomic E-state index is 13.7. The molecule has 0 aromatic heterocycles. The molecule has 0 unspecified atom stereocenters. The van der Waals surface area contributed by atoms with Crippen LogP contribution in [0.5, 0.6) is 28.7 Å². The van der Waals surface area contributed by atoms with Gasteiger partial charge in [0.2, 0.25) is 0 Å². The van der Waals surface area contributed by atoms with Gasteiger partial charge in [0.15, 0.2) is 23.0 Å². The number of hydrogen-bond donors (Lipinski definition) is 1. The standard InChI is InChI=1S/C40H41N5O7/c1-41-12-5-7-25-15-28-21-42-33-19-37(35(49-3)17-31(33)39(46)44(28)23-25)51-13-6-14-52-38-20-34-32(18-36(38)50-4)40(47)45-24-27(16-29(45)22-43-34)26-8-10-30(48-2)11-9-26/h5,7-11,17-24,28-29,41H,6,12-16H2,1-4H3/b7-5+/t28-,29-/m0/s1. The molecule has 7 rings (SSSR count). The number of carbonyl (C=O) groups excluding carboxylic acids is 2. The van der Waals surface area contributed by atoms with Gasteiger partial charge in [-0.1, -0.05) is 24.3 Å². The number of likely N-dealkylation sites (N-methyl/N-ethyl adjacent to an activating group) is 1. The van der Waals surface area contributed by atoms with E-state index in [2.05, 4.69) is 10.3 Å². The van der Waals surface area contributed by atoms with Crippen LogP contribution in [0.25, 0.3) is 5.57 Å². The number of aliphatic imine (C=N–C) groups is 2. The lowest BCUT2D eigenvalue weighted by atomic mass is 10.0. The molecule has 12 nitrogen and oxygen atoms in total. The smallest absolute Gasteiger partial charge is 0.260 e. The molecular formula is C40H41N5O7. The van der Waals surface area contributed by atoms with Crippen molar-refractivity contribution in [3.05, 3.63) is 95.3 Å². The summed E-state index contributed by atoms with van der Waals surface area (Å²) < 4.78 is 28.7. The van der Waals surface area contributed by atoms with E-state index in [0.717, 1.165) is 29.0 Å². The highest BCUT2D eigenvalue weighted by Gasteiger charge is 2.34. The van der Waals surface area contributed by atoms with Crippen molar-refractivity contribution in [2.75, 3.05) is 48.1 Å². The summed E-state index contributed by atoms with van der Waals surface area (Å²) in [5.74, 6) is 2.34. The van der Waals surface area contributed by atoms with Crippen LogP contribution in [0.2, 0.25) is 0 Å². The van der Waals surface area contributed by atoms with E-state index in [1.54, 1.807) is 55.4 Å². The third-order valence-corrected chi connectivity index (χ3v) is 9.37. The highest BCUT2D eigenvalue weighted by molar-refractivity contribution is 6.06. The van der Waals surface area contributed by atoms with Crippen LogP contribution in [0.4, 0.5) is 11.4 Å². The van der Waals surface area contributed by atoms with E-state index in [0.29, 0.717) is 78.0 Å². The molecule has 52 heavy (non-hydrogen) atoms. The number of carbonyl (C=O) groups is 2. The maximum absolute atomic E-state index is 13.7. The monoisotopic (exact) mass is 703 g/mol. The Labute approximate surface area is 302 Å². The van der Waals surface area contributed by atoms with Crippen LogP contribution in [0.3, 0.4) is 0 Å². The molecule has 2 amide bonds. The molecule has 1 N–H and O–H groups in total. The molecule has 3 aromatic carbocycles. The van der Waals surface area contributed by atoms with Crippen molar-refractivity contribution in [2.45, 2.75) is 31.3 Å². The quantitative estimate of drug-likeness (QED) is 0.211. The molecule has 0 bridgehead atoms. The number of benzene rings is 3. The number of amides is 2. The zero-order valence-electron chi connectivity index (χ0n) is 29.6. The minimum Gasteiger partial charge on any atom is -0.497 e. The Morgan fingerprint density at radius 1 is 0.750 bits per heavy atom. The van der Waals surface area contributed by atoms with Gasteiger partial charge in [-0.3, -0.25) is 19.6 Å². The van der Waals surface area contributed by atoms with Gasteiger partial charge in [-0.25, -0.2) is 0 Å². The Kier molecular flexibility index (Phi) is 10.1. The number of allylic oxidation sites excluding steroid dienone is 1. The van der Waals surface area contributed by atoms with Crippen LogP contribution in [0.1, 0.15) is 45.5 Å². The largest absolute Gasteiger partial charge is 0.497 e. The number of methoxy groups -OCH3 is 3. The number of hydrogen-bond acceptors (Lipinski definition) is 10. The van der Waals surface area contributed by atoms with E-state index in [-0.39, 0.29) is 23.9 Å². The molecule has 0 saturated heterocycles. The summed E-state index contributed by atoms with van der Waals surface area (Å²) in [5.41, 5.74) is 5.10. The number of nitrogens with zero attached hydrogens (tertiary/aromatic N) is 4. The van der Waals surface area contributed by atoms with Gasteiger partial charge in [0.25, 0.3) is 11.8 Å². The lowest BCUT2D eigenvalue weighted by molar-refractivity contribution is 0.0809. The van der Waals surface area contributed by atoms with Gasteiger partial charge in [-0.15, -0.1) is 0 Å². The predicted molar refractivity (Wildman–Crippen MR) is 199 cm³/mol. The number of ether oxygens (including phenoxy) is 5. The molecule has 3 aromatic rings. The normalized spacial score (nSPS) is 18.6. The maximum Gasteiger partial charge on any atom is 0.260 e. The van der Waals surface area contributed by atoms with E-state index < -0.39 is 0 Å². The SMILES string of the molecule is CNC/C=C/C1=CN2C(=O)c3cc(OC)c(OCCCOc4cc5c(cc4OC)C(=O)N4C=C(c6ccc(OC)cc6)C[C@H]4C=N5)cc3N=C[C@@H]2C1. The van der Waals surface area contributed by atoms with Crippen LogP contribution < -0.4 is 29.0 Å². The second-order valence-electron chi connectivity index (χ2n) is 12.7. The number of nitrogens with one attached hydrogen (secondary N) is 1. The highest BCUT2D eigenvalue weighted by atomic mass is 16.5. The molecule has 4 aliphatic rings. The molecule has 0 radical (unpaired) electrons. The van der Waals surface area contributed by atoms with Crippen LogP contribution in [-0.4, -0.2) is 94.3 Å².